The molecule has 2 aliphatic carbocycles. The summed E-state index contributed by atoms with van der Waals surface area (Å²) in [6.07, 6.45) is 9.33. The number of benzene rings is 3. The summed E-state index contributed by atoms with van der Waals surface area (Å²) in [6.45, 7) is 18.0. The molecule has 0 aromatic heterocycles. The van der Waals surface area contributed by atoms with Crippen LogP contribution in [0.5, 0.6) is 0 Å². The summed E-state index contributed by atoms with van der Waals surface area (Å²) >= 11 is 1.46. The Balaban J connectivity index is 0.000000293. The molecule has 1 atom stereocenters. The molecule has 3 aromatic rings. The first-order valence-corrected chi connectivity index (χ1v) is 15.4. The van der Waals surface area contributed by atoms with Crippen molar-refractivity contribution in [1.29, 1.82) is 0 Å². The largest absolute Gasteiger partial charge is 1.00 e. The van der Waals surface area contributed by atoms with Crippen molar-refractivity contribution in [2.75, 3.05) is 0 Å². The molecule has 212 valence electrons. The van der Waals surface area contributed by atoms with Crippen LogP contribution in [0, 0.1) is 23.5 Å². The van der Waals surface area contributed by atoms with Crippen LogP contribution in [0.25, 0.3) is 11.1 Å². The first-order chi connectivity index (χ1) is 18.0. The van der Waals surface area contributed by atoms with Gasteiger partial charge in [-0.25, -0.2) is 5.57 Å². The molecule has 5 rings (SSSR count). The Hall–Kier alpha value is -1.53. The fourth-order valence-corrected chi connectivity index (χ4v) is 5.41. The zero-order chi connectivity index (χ0) is 27.9. The van der Waals surface area contributed by atoms with E-state index in [1.54, 1.807) is 0 Å². The maximum atomic E-state index is 3.57. The summed E-state index contributed by atoms with van der Waals surface area (Å²) < 4.78 is 2.21. The van der Waals surface area contributed by atoms with E-state index in [1.807, 2.05) is 6.07 Å². The third-order valence-corrected chi connectivity index (χ3v) is 8.03. The molecule has 3 aromatic carbocycles. The monoisotopic (exact) mass is 648 g/mol. The van der Waals surface area contributed by atoms with Gasteiger partial charge in [0.2, 0.25) is 0 Å². The molecule has 0 heterocycles. The molecular formula is C37H44Cl2Zr-2. The second kappa shape index (κ2) is 16.2. The molecule has 0 N–H and O–H groups in total. The average molecular weight is 651 g/mol. The number of halogens is 2. The van der Waals surface area contributed by atoms with Crippen LogP contribution in [0.4, 0.5) is 0 Å². The molecule has 0 fully saturated rings. The summed E-state index contributed by atoms with van der Waals surface area (Å²) in [4.78, 5) is 0. The molecule has 0 amide bonds. The third-order valence-electron chi connectivity index (χ3n) is 7.21. The zero-order valence-corrected chi connectivity index (χ0v) is 29.4. The van der Waals surface area contributed by atoms with Crippen molar-refractivity contribution in [2.45, 2.75) is 80.1 Å². The summed E-state index contributed by atoms with van der Waals surface area (Å²) in [5, 5.41) is 0. The fraction of sp³-hybridized carbons (Fsp3) is 0.378. The number of fused-ring (bicyclic) bond motifs is 3. The second-order valence-electron chi connectivity index (χ2n) is 12.2. The smallest absolute Gasteiger partial charge is 0.0253 e. The van der Waals surface area contributed by atoms with Crippen molar-refractivity contribution in [3.63, 3.8) is 0 Å². The third kappa shape index (κ3) is 9.79. The van der Waals surface area contributed by atoms with Crippen LogP contribution < -0.4 is 24.8 Å². The molecule has 2 aliphatic rings. The van der Waals surface area contributed by atoms with E-state index in [1.165, 1.54) is 75.2 Å². The van der Waals surface area contributed by atoms with Crippen molar-refractivity contribution in [1.82, 2.24) is 0 Å². The molecule has 40 heavy (non-hydrogen) atoms. The Kier molecular flexibility index (Phi) is 14.8. The summed E-state index contributed by atoms with van der Waals surface area (Å²) in [5.41, 5.74) is 11.8. The molecule has 0 aliphatic heterocycles. The number of rotatable bonds is 3. The zero-order valence-electron chi connectivity index (χ0n) is 25.5. The van der Waals surface area contributed by atoms with Gasteiger partial charge in [0.1, 0.15) is 0 Å². The Morgan fingerprint density at radius 1 is 0.825 bits per heavy atom. The quantitative estimate of drug-likeness (QED) is 0.296. The van der Waals surface area contributed by atoms with Crippen molar-refractivity contribution in [3.8, 4) is 11.1 Å². The van der Waals surface area contributed by atoms with Crippen molar-refractivity contribution >= 4 is 3.71 Å². The molecule has 1 unspecified atom stereocenters. The molecule has 0 saturated heterocycles. The second-order valence-corrected chi connectivity index (χ2v) is 12.9. The Morgan fingerprint density at radius 2 is 1.45 bits per heavy atom. The van der Waals surface area contributed by atoms with Crippen molar-refractivity contribution in [2.24, 2.45) is 11.3 Å². The molecular weight excluding hydrogens is 607 g/mol. The van der Waals surface area contributed by atoms with Crippen molar-refractivity contribution in [3.05, 3.63) is 118 Å². The van der Waals surface area contributed by atoms with Gasteiger partial charge in [-0.1, -0.05) is 94.2 Å². The van der Waals surface area contributed by atoms with Crippen LogP contribution in [0.1, 0.15) is 90.5 Å². The fourth-order valence-electron chi connectivity index (χ4n) is 4.94. The molecule has 0 bridgehead atoms. The van der Waals surface area contributed by atoms with Gasteiger partial charge in [-0.2, -0.15) is 41.5 Å². The Bertz CT molecular complexity index is 1240. The normalized spacial score (nSPS) is 14.9. The number of hydrogen-bond acceptors (Lipinski definition) is 0. The first kappa shape index (κ1) is 36.5. The average Bonchev–Trinajstić information content (AvgIpc) is 3.50. The minimum absolute atomic E-state index is 0. The van der Waals surface area contributed by atoms with E-state index >= 15 is 0 Å². The van der Waals surface area contributed by atoms with Crippen LogP contribution in [0.3, 0.4) is 0 Å². The Morgan fingerprint density at radius 3 is 1.98 bits per heavy atom. The van der Waals surface area contributed by atoms with Gasteiger partial charge in [0.15, 0.2) is 0 Å². The van der Waals surface area contributed by atoms with Crippen LogP contribution >= 0.6 is 0 Å². The molecule has 0 spiro atoms. The van der Waals surface area contributed by atoms with E-state index < -0.39 is 0 Å². The minimum Gasteiger partial charge on any atom is -1.00 e. The molecule has 3 heteroatoms. The summed E-state index contributed by atoms with van der Waals surface area (Å²) in [7, 11) is 0. The topological polar surface area (TPSA) is 0 Å². The van der Waals surface area contributed by atoms with Gasteiger partial charge in [-0.3, -0.25) is 6.08 Å². The van der Waals surface area contributed by atoms with Gasteiger partial charge in [-0.05, 0) is 6.42 Å². The standard InChI is InChI=1S/C13H9.C13H21.C11H14.2ClH.Zr/c1-3-7-12-10(5-1)9-11-6-2-4-8-13(11)12;1-6-10-8-11(7-2)12(9-10)13(3,4)5;1-9-5-7-10(8-6-9)11(2,3)4;;;/h1-5,7-8H,9H2;9-10H,6-7H2,1-5H3;1,5-8H,2-4H3;2*1H;/q2*-1;;;;+2/p-2. The van der Waals surface area contributed by atoms with Gasteiger partial charge in [0, 0.05) is 0 Å². The summed E-state index contributed by atoms with van der Waals surface area (Å²) in [5.74, 6) is 0.573. The Labute approximate surface area is 271 Å². The van der Waals surface area contributed by atoms with Gasteiger partial charge in [0.05, 0.1) is 0 Å². The maximum absolute atomic E-state index is 3.57. The van der Waals surface area contributed by atoms with E-state index in [4.69, 9.17) is 0 Å². The SMILES string of the molecule is CC(C)(C)c1ccc([CH]=[Zr+2])cc1.CCC1=[C-]C(CC)C=C1C(C)(C)C.[Cl-].[Cl-].[c-]1cccc2c1Cc1ccccc1-2. The predicted octanol–water partition coefficient (Wildman–Crippen LogP) is 3.89. The van der Waals surface area contributed by atoms with E-state index in [0.29, 0.717) is 11.3 Å². The summed E-state index contributed by atoms with van der Waals surface area (Å²) in [6, 6.07) is 26.9. The van der Waals surface area contributed by atoms with Gasteiger partial charge in [-0.15, -0.1) is 5.56 Å². The minimum atomic E-state index is 0. The van der Waals surface area contributed by atoms with E-state index in [0.717, 1.165) is 12.8 Å². The molecule has 0 radical (unpaired) electrons. The van der Waals surface area contributed by atoms with Crippen LogP contribution in [-0.4, -0.2) is 3.71 Å². The predicted molar refractivity (Wildman–Crippen MR) is 162 cm³/mol. The van der Waals surface area contributed by atoms with E-state index in [-0.39, 0.29) is 30.2 Å². The van der Waals surface area contributed by atoms with E-state index in [2.05, 4.69) is 138 Å². The van der Waals surface area contributed by atoms with Gasteiger partial charge < -0.3 is 24.8 Å². The van der Waals surface area contributed by atoms with E-state index in [9.17, 15) is 0 Å². The molecule has 0 nitrogen and oxygen atoms in total. The van der Waals surface area contributed by atoms with Crippen LogP contribution in [0.15, 0.2) is 84.0 Å². The maximum Gasteiger partial charge on any atom is -0.0253 e. The number of hydrogen-bond donors (Lipinski definition) is 0. The van der Waals surface area contributed by atoms with Crippen LogP contribution in [-0.2, 0) is 36.1 Å². The van der Waals surface area contributed by atoms with Gasteiger partial charge >= 0.3 is 89.5 Å². The van der Waals surface area contributed by atoms with Gasteiger partial charge in [0.25, 0.3) is 0 Å². The van der Waals surface area contributed by atoms with Crippen molar-refractivity contribution < 1.29 is 49.0 Å². The first-order valence-electron chi connectivity index (χ1n) is 14.0. The van der Waals surface area contributed by atoms with Crippen LogP contribution in [0.2, 0.25) is 0 Å². The molecule has 0 saturated carbocycles. The number of allylic oxidation sites excluding steroid dienone is 4.